The highest BCUT2D eigenvalue weighted by molar-refractivity contribution is 9.10. The average molecular weight is 370 g/mol. The zero-order chi connectivity index (χ0) is 16.3. The molecule has 0 aromatic heterocycles. The van der Waals surface area contributed by atoms with Crippen LogP contribution in [-0.2, 0) is 5.60 Å². The molecular weight excluding hydrogens is 349 g/mol. The highest BCUT2D eigenvalue weighted by Gasteiger charge is 2.60. The van der Waals surface area contributed by atoms with Gasteiger partial charge in [-0.15, -0.1) is 0 Å². The summed E-state index contributed by atoms with van der Waals surface area (Å²) in [5.74, 6) is -0.469. The van der Waals surface area contributed by atoms with Crippen molar-refractivity contribution >= 4 is 15.9 Å². The lowest BCUT2D eigenvalue weighted by molar-refractivity contribution is -0.0908. The number of nitrogens with zero attached hydrogens (tertiary/aromatic N) is 1. The first-order valence-corrected chi connectivity index (χ1v) is 8.27. The number of benzene rings is 1. The van der Waals surface area contributed by atoms with Gasteiger partial charge in [-0.05, 0) is 31.2 Å². The molecule has 0 bridgehead atoms. The minimum absolute atomic E-state index is 0.210. The summed E-state index contributed by atoms with van der Waals surface area (Å²) in [6.45, 7) is 5.17. The zero-order valence-corrected chi connectivity index (χ0v) is 14.6. The SMILES string of the molecule is CN1CC=C([C@]2(O)c3c(Br)ccc(F)c3[C@H](O)C2(C)C)CC1. The molecule has 1 heterocycles. The first kappa shape index (κ1) is 16.1. The Labute approximate surface area is 138 Å². The second-order valence-electron chi connectivity index (χ2n) is 6.89. The van der Waals surface area contributed by atoms with Crippen LogP contribution in [0.5, 0.6) is 0 Å². The molecule has 0 fully saturated rings. The lowest BCUT2D eigenvalue weighted by atomic mass is 9.68. The molecule has 2 aliphatic rings. The molecule has 0 unspecified atom stereocenters. The van der Waals surface area contributed by atoms with Crippen molar-refractivity contribution in [1.29, 1.82) is 0 Å². The third-order valence-electron chi connectivity index (χ3n) is 5.27. The maximum absolute atomic E-state index is 14.3. The molecule has 1 aromatic rings. The highest BCUT2D eigenvalue weighted by Crippen LogP contribution is 2.62. The number of aliphatic hydroxyl groups excluding tert-OH is 1. The molecule has 0 amide bonds. The Morgan fingerprint density at radius 1 is 1.36 bits per heavy atom. The van der Waals surface area contributed by atoms with E-state index in [4.69, 9.17) is 0 Å². The minimum atomic E-state index is -1.37. The summed E-state index contributed by atoms with van der Waals surface area (Å²) in [4.78, 5) is 2.16. The van der Waals surface area contributed by atoms with Crippen LogP contribution in [-0.4, -0.2) is 35.3 Å². The van der Waals surface area contributed by atoms with Crippen molar-refractivity contribution in [3.8, 4) is 0 Å². The zero-order valence-electron chi connectivity index (χ0n) is 13.0. The van der Waals surface area contributed by atoms with E-state index in [0.29, 0.717) is 16.5 Å². The number of aliphatic hydroxyl groups is 2. The normalized spacial score (nSPS) is 31.0. The minimum Gasteiger partial charge on any atom is -0.388 e. The van der Waals surface area contributed by atoms with Crippen molar-refractivity contribution in [3.05, 3.63) is 45.2 Å². The first-order valence-electron chi connectivity index (χ1n) is 7.48. The number of hydrogen-bond acceptors (Lipinski definition) is 3. The smallest absolute Gasteiger partial charge is 0.129 e. The quantitative estimate of drug-likeness (QED) is 0.747. The van der Waals surface area contributed by atoms with Gasteiger partial charge in [0.15, 0.2) is 0 Å². The number of rotatable bonds is 1. The van der Waals surface area contributed by atoms with Gasteiger partial charge in [-0.3, -0.25) is 0 Å². The molecule has 5 heteroatoms. The molecule has 3 rings (SSSR count). The van der Waals surface area contributed by atoms with Gasteiger partial charge in [0.1, 0.15) is 11.4 Å². The monoisotopic (exact) mass is 369 g/mol. The molecule has 120 valence electrons. The van der Waals surface area contributed by atoms with E-state index in [9.17, 15) is 14.6 Å². The van der Waals surface area contributed by atoms with Gasteiger partial charge in [-0.25, -0.2) is 4.39 Å². The fourth-order valence-electron chi connectivity index (χ4n) is 3.76. The summed E-state index contributed by atoms with van der Waals surface area (Å²) in [6, 6.07) is 2.93. The van der Waals surface area contributed by atoms with E-state index in [2.05, 4.69) is 20.8 Å². The summed E-state index contributed by atoms with van der Waals surface area (Å²) in [5.41, 5.74) is -0.728. The van der Waals surface area contributed by atoms with Gasteiger partial charge in [0, 0.05) is 34.1 Å². The molecule has 1 aliphatic carbocycles. The van der Waals surface area contributed by atoms with Crippen LogP contribution in [0.1, 0.15) is 37.5 Å². The number of fused-ring (bicyclic) bond motifs is 1. The van der Waals surface area contributed by atoms with Crippen molar-refractivity contribution < 1.29 is 14.6 Å². The van der Waals surface area contributed by atoms with Gasteiger partial charge in [0.2, 0.25) is 0 Å². The van der Waals surface area contributed by atoms with Crippen LogP contribution in [0.3, 0.4) is 0 Å². The van der Waals surface area contributed by atoms with Gasteiger partial charge in [-0.2, -0.15) is 0 Å². The summed E-state index contributed by atoms with van der Waals surface area (Å²) < 4.78 is 15.0. The summed E-state index contributed by atoms with van der Waals surface area (Å²) in [6.07, 6.45) is 1.65. The molecule has 0 saturated carbocycles. The molecule has 1 aromatic carbocycles. The van der Waals surface area contributed by atoms with Crippen molar-refractivity contribution in [1.82, 2.24) is 4.90 Å². The van der Waals surface area contributed by atoms with Crippen LogP contribution in [0, 0.1) is 11.2 Å². The van der Waals surface area contributed by atoms with E-state index in [-0.39, 0.29) is 5.56 Å². The van der Waals surface area contributed by atoms with Crippen molar-refractivity contribution in [2.75, 3.05) is 20.1 Å². The summed E-state index contributed by atoms with van der Waals surface area (Å²) in [5, 5.41) is 22.3. The Balaban J connectivity index is 2.26. The maximum Gasteiger partial charge on any atom is 0.129 e. The molecular formula is C17H21BrFNO2. The van der Waals surface area contributed by atoms with Crippen molar-refractivity contribution in [2.24, 2.45) is 5.41 Å². The molecule has 3 nitrogen and oxygen atoms in total. The second-order valence-corrected chi connectivity index (χ2v) is 7.75. The molecule has 1 aliphatic heterocycles. The Bertz CT molecular complexity index is 658. The Morgan fingerprint density at radius 2 is 2.05 bits per heavy atom. The van der Waals surface area contributed by atoms with Crippen LogP contribution < -0.4 is 0 Å². The van der Waals surface area contributed by atoms with Gasteiger partial charge >= 0.3 is 0 Å². The van der Waals surface area contributed by atoms with E-state index in [1.54, 1.807) is 19.9 Å². The number of hydrogen-bond donors (Lipinski definition) is 2. The van der Waals surface area contributed by atoms with E-state index >= 15 is 0 Å². The third kappa shape index (κ3) is 1.96. The highest BCUT2D eigenvalue weighted by atomic mass is 79.9. The molecule has 2 atom stereocenters. The number of likely N-dealkylation sites (N-methyl/N-ethyl adjacent to an activating group) is 1. The van der Waals surface area contributed by atoms with E-state index in [1.807, 2.05) is 13.1 Å². The van der Waals surface area contributed by atoms with Crippen LogP contribution in [0.15, 0.2) is 28.3 Å². The third-order valence-corrected chi connectivity index (χ3v) is 5.93. The molecule has 0 spiro atoms. The van der Waals surface area contributed by atoms with E-state index in [1.165, 1.54) is 6.07 Å². The molecule has 0 radical (unpaired) electrons. The summed E-state index contributed by atoms with van der Waals surface area (Å²) in [7, 11) is 2.02. The standard InChI is InChI=1S/C17H21BrFNO2/c1-16(2)15(21)13-12(19)5-4-11(18)14(13)17(16,22)10-6-8-20(3)9-7-10/h4-6,15,21-22H,7-9H2,1-3H3/t15-,17-/m0/s1. The van der Waals surface area contributed by atoms with Crippen molar-refractivity contribution in [2.45, 2.75) is 32.0 Å². The molecule has 2 N–H and O–H groups in total. The number of halogens is 2. The fourth-order valence-corrected chi connectivity index (χ4v) is 4.39. The van der Waals surface area contributed by atoms with Gasteiger partial charge < -0.3 is 15.1 Å². The Morgan fingerprint density at radius 3 is 2.64 bits per heavy atom. The van der Waals surface area contributed by atoms with Crippen LogP contribution in [0.2, 0.25) is 0 Å². The van der Waals surface area contributed by atoms with Crippen LogP contribution >= 0.6 is 15.9 Å². The maximum atomic E-state index is 14.3. The molecule has 22 heavy (non-hydrogen) atoms. The topological polar surface area (TPSA) is 43.7 Å². The lowest BCUT2D eigenvalue weighted by Crippen LogP contribution is -2.44. The van der Waals surface area contributed by atoms with Crippen LogP contribution in [0.4, 0.5) is 4.39 Å². The average Bonchev–Trinajstić information content (AvgIpc) is 2.63. The Kier molecular flexibility index (Phi) is 3.76. The second kappa shape index (κ2) is 5.13. The van der Waals surface area contributed by atoms with E-state index < -0.39 is 22.9 Å². The first-order chi connectivity index (χ1) is 10.2. The molecule has 0 saturated heterocycles. The summed E-state index contributed by atoms with van der Waals surface area (Å²) >= 11 is 3.44. The van der Waals surface area contributed by atoms with Crippen LogP contribution in [0.25, 0.3) is 0 Å². The van der Waals surface area contributed by atoms with Gasteiger partial charge in [0.05, 0.1) is 6.10 Å². The van der Waals surface area contributed by atoms with E-state index in [0.717, 1.165) is 18.7 Å². The Hall–Kier alpha value is -0.750. The largest absolute Gasteiger partial charge is 0.388 e. The lowest BCUT2D eigenvalue weighted by Gasteiger charge is -2.43. The predicted molar refractivity (Wildman–Crippen MR) is 86.9 cm³/mol. The predicted octanol–water partition coefficient (Wildman–Crippen LogP) is 3.11. The fraction of sp³-hybridized carbons (Fsp3) is 0.529. The van der Waals surface area contributed by atoms with Gasteiger partial charge in [0.25, 0.3) is 0 Å². The van der Waals surface area contributed by atoms with Crippen molar-refractivity contribution in [3.63, 3.8) is 0 Å². The van der Waals surface area contributed by atoms with Gasteiger partial charge in [-0.1, -0.05) is 35.9 Å².